The Labute approximate surface area is 128 Å². The maximum absolute atomic E-state index is 12.2. The van der Waals surface area contributed by atoms with Gasteiger partial charge in [-0.2, -0.15) is 4.72 Å². The third-order valence-corrected chi connectivity index (χ3v) is 4.28. The predicted octanol–water partition coefficient (Wildman–Crippen LogP) is 2.66. The summed E-state index contributed by atoms with van der Waals surface area (Å²) in [4.78, 5) is -0.0332. The Bertz CT molecular complexity index is 704. The maximum atomic E-state index is 12.2. The first-order chi connectivity index (χ1) is 10.0. The first-order valence-electron chi connectivity index (χ1n) is 6.04. The first kappa shape index (κ1) is 15.6. The summed E-state index contributed by atoms with van der Waals surface area (Å²) in [6.45, 7) is -0.192. The van der Waals surface area contributed by atoms with Crippen LogP contribution in [0.25, 0.3) is 0 Å². The molecule has 0 atom stereocenters. The molecule has 0 spiro atoms. The lowest BCUT2D eigenvalue weighted by Crippen LogP contribution is -2.28. The number of ether oxygens (including phenoxy) is 2. The second-order valence-electron chi connectivity index (χ2n) is 4.04. The summed E-state index contributed by atoms with van der Waals surface area (Å²) in [5, 5.41) is 0.306. The van der Waals surface area contributed by atoms with E-state index in [0.717, 1.165) is 0 Å². The molecule has 0 bridgehead atoms. The van der Waals surface area contributed by atoms with Gasteiger partial charge in [0.05, 0.1) is 7.11 Å². The molecule has 7 heteroatoms. The van der Waals surface area contributed by atoms with Crippen LogP contribution >= 0.6 is 11.6 Å². The number of hydrogen-bond donors (Lipinski definition) is 1. The fourth-order valence-corrected chi connectivity index (χ4v) is 2.95. The standard InChI is InChI=1S/C14H14ClNO4S/c1-19-13-8-7-11(15)9-14(13)21(17,18)16-10-20-12-5-3-2-4-6-12/h2-9,16H,10H2,1H3. The number of nitrogens with one attached hydrogen (secondary N) is 1. The smallest absolute Gasteiger partial charge is 0.247 e. The Morgan fingerprint density at radius 3 is 2.52 bits per heavy atom. The van der Waals surface area contributed by atoms with Gasteiger partial charge in [0, 0.05) is 5.02 Å². The molecule has 0 heterocycles. The van der Waals surface area contributed by atoms with E-state index in [0.29, 0.717) is 10.8 Å². The topological polar surface area (TPSA) is 64.6 Å². The average Bonchev–Trinajstić information content (AvgIpc) is 2.48. The van der Waals surface area contributed by atoms with Crippen LogP contribution in [-0.2, 0) is 10.0 Å². The molecule has 21 heavy (non-hydrogen) atoms. The van der Waals surface area contributed by atoms with Gasteiger partial charge in [0.25, 0.3) is 0 Å². The molecule has 5 nitrogen and oxygen atoms in total. The van der Waals surface area contributed by atoms with Crippen molar-refractivity contribution in [2.75, 3.05) is 13.8 Å². The van der Waals surface area contributed by atoms with Crippen LogP contribution in [0.5, 0.6) is 11.5 Å². The number of para-hydroxylation sites is 1. The van der Waals surface area contributed by atoms with Crippen LogP contribution in [-0.4, -0.2) is 22.3 Å². The van der Waals surface area contributed by atoms with Gasteiger partial charge in [-0.25, -0.2) is 8.42 Å². The molecule has 0 saturated carbocycles. The first-order valence-corrected chi connectivity index (χ1v) is 7.90. The lowest BCUT2D eigenvalue weighted by molar-refractivity contribution is 0.310. The van der Waals surface area contributed by atoms with Gasteiger partial charge < -0.3 is 9.47 Å². The third-order valence-electron chi connectivity index (χ3n) is 2.65. The number of rotatable bonds is 6. The third kappa shape index (κ3) is 4.10. The zero-order valence-corrected chi connectivity index (χ0v) is 12.8. The number of hydrogen-bond acceptors (Lipinski definition) is 4. The molecular formula is C14H14ClNO4S. The fraction of sp³-hybridized carbons (Fsp3) is 0.143. The van der Waals surface area contributed by atoms with E-state index in [2.05, 4.69) is 4.72 Å². The molecule has 0 aliphatic heterocycles. The molecule has 0 fully saturated rings. The van der Waals surface area contributed by atoms with Crippen molar-refractivity contribution in [1.29, 1.82) is 0 Å². The molecule has 0 unspecified atom stereocenters. The largest absolute Gasteiger partial charge is 0.495 e. The number of methoxy groups -OCH3 is 1. The van der Waals surface area contributed by atoms with Crippen molar-refractivity contribution in [2.24, 2.45) is 0 Å². The fourth-order valence-electron chi connectivity index (χ4n) is 1.65. The van der Waals surface area contributed by atoms with Crippen molar-refractivity contribution in [3.8, 4) is 11.5 Å². The highest BCUT2D eigenvalue weighted by atomic mass is 35.5. The van der Waals surface area contributed by atoms with E-state index in [4.69, 9.17) is 21.1 Å². The van der Waals surface area contributed by atoms with Gasteiger partial charge >= 0.3 is 0 Å². The molecule has 0 radical (unpaired) electrons. The Morgan fingerprint density at radius 2 is 1.86 bits per heavy atom. The molecule has 2 rings (SSSR count). The molecule has 1 N–H and O–H groups in total. The SMILES string of the molecule is COc1ccc(Cl)cc1S(=O)(=O)NCOc1ccccc1. The highest BCUT2D eigenvalue weighted by molar-refractivity contribution is 7.89. The summed E-state index contributed by atoms with van der Waals surface area (Å²) in [5.41, 5.74) is 0. The Morgan fingerprint density at radius 1 is 1.14 bits per heavy atom. The summed E-state index contributed by atoms with van der Waals surface area (Å²) in [6, 6.07) is 13.3. The van der Waals surface area contributed by atoms with Gasteiger partial charge in [-0.15, -0.1) is 0 Å². The molecular weight excluding hydrogens is 314 g/mol. The van der Waals surface area contributed by atoms with E-state index in [1.807, 2.05) is 6.07 Å². The van der Waals surface area contributed by atoms with Crippen molar-refractivity contribution in [3.05, 3.63) is 53.6 Å². The molecule has 0 saturated heterocycles. The molecule has 2 aromatic rings. The van der Waals surface area contributed by atoms with E-state index >= 15 is 0 Å². The van der Waals surface area contributed by atoms with Gasteiger partial charge in [-0.1, -0.05) is 29.8 Å². The van der Waals surface area contributed by atoms with Gasteiger partial charge in [-0.05, 0) is 30.3 Å². The van der Waals surface area contributed by atoms with Gasteiger partial charge in [0.2, 0.25) is 10.0 Å². The molecule has 0 aliphatic rings. The quantitative estimate of drug-likeness (QED) is 0.828. The monoisotopic (exact) mass is 327 g/mol. The minimum Gasteiger partial charge on any atom is -0.495 e. The van der Waals surface area contributed by atoms with E-state index in [-0.39, 0.29) is 17.4 Å². The highest BCUT2D eigenvalue weighted by Gasteiger charge is 2.19. The van der Waals surface area contributed by atoms with E-state index in [1.54, 1.807) is 30.3 Å². The zero-order valence-electron chi connectivity index (χ0n) is 11.2. The lowest BCUT2D eigenvalue weighted by Gasteiger charge is -2.11. The second kappa shape index (κ2) is 6.80. The van der Waals surface area contributed by atoms with E-state index in [1.165, 1.54) is 19.2 Å². The van der Waals surface area contributed by atoms with Gasteiger partial charge in [-0.3, -0.25) is 0 Å². The zero-order chi connectivity index (χ0) is 15.3. The molecule has 0 amide bonds. The van der Waals surface area contributed by atoms with Crippen LogP contribution in [0.4, 0.5) is 0 Å². The van der Waals surface area contributed by atoms with Crippen molar-refractivity contribution >= 4 is 21.6 Å². The second-order valence-corrected chi connectivity index (χ2v) is 6.22. The lowest BCUT2D eigenvalue weighted by atomic mass is 10.3. The van der Waals surface area contributed by atoms with Crippen molar-refractivity contribution in [3.63, 3.8) is 0 Å². The number of benzene rings is 2. The van der Waals surface area contributed by atoms with Crippen molar-refractivity contribution in [1.82, 2.24) is 4.72 Å². The number of sulfonamides is 1. The minimum absolute atomic E-state index is 0.0332. The summed E-state index contributed by atoms with van der Waals surface area (Å²) >= 11 is 5.83. The van der Waals surface area contributed by atoms with Crippen molar-refractivity contribution < 1.29 is 17.9 Å². The van der Waals surface area contributed by atoms with Crippen molar-refractivity contribution in [2.45, 2.75) is 4.90 Å². The predicted molar refractivity (Wildman–Crippen MR) is 80.3 cm³/mol. The van der Waals surface area contributed by atoms with E-state index in [9.17, 15) is 8.42 Å². The van der Waals surface area contributed by atoms with Crippen LogP contribution in [0.3, 0.4) is 0 Å². The van der Waals surface area contributed by atoms with Crippen LogP contribution in [0.15, 0.2) is 53.4 Å². The highest BCUT2D eigenvalue weighted by Crippen LogP contribution is 2.26. The summed E-state index contributed by atoms with van der Waals surface area (Å²) in [7, 11) is -2.39. The van der Waals surface area contributed by atoms with Gasteiger partial charge in [0.15, 0.2) is 6.73 Å². The maximum Gasteiger partial charge on any atom is 0.247 e. The summed E-state index contributed by atoms with van der Waals surface area (Å²) in [6.07, 6.45) is 0. The van der Waals surface area contributed by atoms with Crippen LogP contribution < -0.4 is 14.2 Å². The Hall–Kier alpha value is -1.76. The summed E-state index contributed by atoms with van der Waals surface area (Å²) in [5.74, 6) is 0.782. The van der Waals surface area contributed by atoms with E-state index < -0.39 is 10.0 Å². The Kier molecular flexibility index (Phi) is 5.06. The molecule has 0 aliphatic carbocycles. The van der Waals surface area contributed by atoms with Gasteiger partial charge in [0.1, 0.15) is 16.4 Å². The minimum atomic E-state index is -3.78. The van der Waals surface area contributed by atoms with Crippen LogP contribution in [0.2, 0.25) is 5.02 Å². The molecule has 0 aromatic heterocycles. The summed E-state index contributed by atoms with van der Waals surface area (Å²) < 4.78 is 37.1. The van der Waals surface area contributed by atoms with Crippen LogP contribution in [0, 0.1) is 0 Å². The average molecular weight is 328 g/mol. The van der Waals surface area contributed by atoms with Crippen LogP contribution in [0.1, 0.15) is 0 Å². The Balaban J connectivity index is 2.10. The number of halogens is 1. The molecule has 2 aromatic carbocycles. The molecule has 112 valence electrons. The normalized spacial score (nSPS) is 11.1.